The van der Waals surface area contributed by atoms with Crippen LogP contribution in [0.15, 0.2) is 18.2 Å². The number of methoxy groups -OCH3 is 1. The number of morpholine rings is 1. The van der Waals surface area contributed by atoms with Gasteiger partial charge in [0.05, 0.1) is 19.8 Å². The van der Waals surface area contributed by atoms with Crippen LogP contribution in [0.2, 0.25) is 0 Å². The molecule has 1 aromatic carbocycles. The molecule has 6 nitrogen and oxygen atoms in total. The van der Waals surface area contributed by atoms with Crippen molar-refractivity contribution >= 4 is 5.91 Å². The maximum atomic E-state index is 13.8. The van der Waals surface area contributed by atoms with Crippen molar-refractivity contribution in [2.24, 2.45) is 0 Å². The van der Waals surface area contributed by atoms with Gasteiger partial charge in [0.25, 0.3) is 0 Å². The SMILES string of the molecule is COc1ccc(CN2CCN(C(=O)[C@H]3NCCO[C@@H]3C)CC2)cc1F. The van der Waals surface area contributed by atoms with Gasteiger partial charge in [-0.3, -0.25) is 9.69 Å². The van der Waals surface area contributed by atoms with E-state index in [1.807, 2.05) is 17.9 Å². The molecule has 2 aliphatic rings. The Hall–Kier alpha value is -1.70. The van der Waals surface area contributed by atoms with Gasteiger partial charge < -0.3 is 19.7 Å². The number of piperazine rings is 1. The van der Waals surface area contributed by atoms with E-state index in [2.05, 4.69) is 10.2 Å². The fourth-order valence-electron chi connectivity index (χ4n) is 3.40. The maximum Gasteiger partial charge on any atom is 0.242 e. The summed E-state index contributed by atoms with van der Waals surface area (Å²) in [6, 6.07) is 4.79. The van der Waals surface area contributed by atoms with Crippen LogP contribution in [0.25, 0.3) is 0 Å². The van der Waals surface area contributed by atoms with Crippen LogP contribution in [0.5, 0.6) is 5.75 Å². The lowest BCUT2D eigenvalue weighted by Crippen LogP contribution is -2.59. The normalized spacial score (nSPS) is 25.0. The van der Waals surface area contributed by atoms with Crippen molar-refractivity contribution < 1.29 is 18.7 Å². The molecule has 2 fully saturated rings. The van der Waals surface area contributed by atoms with Crippen molar-refractivity contribution in [3.8, 4) is 5.75 Å². The molecule has 1 N–H and O–H groups in total. The van der Waals surface area contributed by atoms with E-state index in [9.17, 15) is 9.18 Å². The molecule has 2 heterocycles. The minimum atomic E-state index is -0.342. The fourth-order valence-corrected chi connectivity index (χ4v) is 3.40. The summed E-state index contributed by atoms with van der Waals surface area (Å²) < 4.78 is 24.3. The van der Waals surface area contributed by atoms with E-state index in [1.165, 1.54) is 13.2 Å². The number of carbonyl (C=O) groups is 1. The fraction of sp³-hybridized carbons (Fsp3) is 0.611. The van der Waals surface area contributed by atoms with Gasteiger partial charge >= 0.3 is 0 Å². The maximum absolute atomic E-state index is 13.8. The van der Waals surface area contributed by atoms with Gasteiger partial charge in [-0.1, -0.05) is 6.07 Å². The van der Waals surface area contributed by atoms with Crippen LogP contribution in [-0.2, 0) is 16.1 Å². The lowest BCUT2D eigenvalue weighted by molar-refractivity contribution is -0.141. The third-order valence-corrected chi connectivity index (χ3v) is 4.89. The van der Waals surface area contributed by atoms with Gasteiger partial charge in [0, 0.05) is 39.3 Å². The number of hydrogen-bond donors (Lipinski definition) is 1. The second-order valence-corrected chi connectivity index (χ2v) is 6.58. The van der Waals surface area contributed by atoms with E-state index in [0.717, 1.165) is 18.7 Å². The van der Waals surface area contributed by atoms with Gasteiger partial charge in [0.15, 0.2) is 11.6 Å². The number of rotatable bonds is 4. The number of nitrogens with zero attached hydrogens (tertiary/aromatic N) is 2. The third kappa shape index (κ3) is 4.29. The summed E-state index contributed by atoms with van der Waals surface area (Å²) in [5.74, 6) is 0.0315. The van der Waals surface area contributed by atoms with Crippen LogP contribution in [0, 0.1) is 5.82 Å². The quantitative estimate of drug-likeness (QED) is 0.872. The highest BCUT2D eigenvalue weighted by atomic mass is 19.1. The minimum absolute atomic E-state index is 0.0958. The van der Waals surface area contributed by atoms with Crippen LogP contribution in [0.3, 0.4) is 0 Å². The predicted molar refractivity (Wildman–Crippen MR) is 92.0 cm³/mol. The number of carbonyl (C=O) groups excluding carboxylic acids is 1. The smallest absolute Gasteiger partial charge is 0.242 e. The highest BCUT2D eigenvalue weighted by molar-refractivity contribution is 5.82. The van der Waals surface area contributed by atoms with Crippen LogP contribution in [0.1, 0.15) is 12.5 Å². The van der Waals surface area contributed by atoms with Crippen molar-refractivity contribution in [2.75, 3.05) is 46.4 Å². The molecule has 2 atom stereocenters. The molecule has 7 heteroatoms. The Morgan fingerprint density at radius 2 is 2.12 bits per heavy atom. The first-order valence-electron chi connectivity index (χ1n) is 8.77. The topological polar surface area (TPSA) is 54.0 Å². The monoisotopic (exact) mass is 351 g/mol. The number of ether oxygens (including phenoxy) is 2. The molecule has 1 amide bonds. The van der Waals surface area contributed by atoms with Crippen LogP contribution in [0.4, 0.5) is 4.39 Å². The number of nitrogens with one attached hydrogen (secondary N) is 1. The molecule has 0 saturated carbocycles. The average Bonchev–Trinajstić information content (AvgIpc) is 2.62. The largest absolute Gasteiger partial charge is 0.494 e. The van der Waals surface area contributed by atoms with Gasteiger partial charge in [-0.05, 0) is 24.6 Å². The van der Waals surface area contributed by atoms with E-state index in [1.54, 1.807) is 6.07 Å². The molecule has 2 aliphatic heterocycles. The van der Waals surface area contributed by atoms with Crippen LogP contribution in [-0.4, -0.2) is 74.3 Å². The minimum Gasteiger partial charge on any atom is -0.494 e. The molecule has 2 saturated heterocycles. The van der Waals surface area contributed by atoms with E-state index in [4.69, 9.17) is 9.47 Å². The molecule has 3 rings (SSSR count). The van der Waals surface area contributed by atoms with Crippen LogP contribution < -0.4 is 10.1 Å². The number of halogens is 1. The predicted octanol–water partition coefficient (Wildman–Crippen LogP) is 0.855. The molecule has 25 heavy (non-hydrogen) atoms. The van der Waals surface area contributed by atoms with Crippen molar-refractivity contribution in [3.05, 3.63) is 29.6 Å². The molecule has 0 aromatic heterocycles. The van der Waals surface area contributed by atoms with Crippen molar-refractivity contribution in [2.45, 2.75) is 25.6 Å². The molecular formula is C18H26FN3O3. The number of amides is 1. The van der Waals surface area contributed by atoms with Crippen molar-refractivity contribution in [3.63, 3.8) is 0 Å². The zero-order valence-corrected chi connectivity index (χ0v) is 14.8. The van der Waals surface area contributed by atoms with E-state index in [-0.39, 0.29) is 29.6 Å². The van der Waals surface area contributed by atoms with Gasteiger partial charge in [-0.2, -0.15) is 0 Å². The summed E-state index contributed by atoms with van der Waals surface area (Å²) in [7, 11) is 1.46. The molecule has 138 valence electrons. The Balaban J connectivity index is 1.51. The second kappa shape index (κ2) is 8.12. The summed E-state index contributed by atoms with van der Waals surface area (Å²) in [6.07, 6.45) is -0.0958. The van der Waals surface area contributed by atoms with E-state index < -0.39 is 0 Å². The summed E-state index contributed by atoms with van der Waals surface area (Å²) >= 11 is 0. The van der Waals surface area contributed by atoms with Gasteiger partial charge in [-0.25, -0.2) is 4.39 Å². The Bertz CT molecular complexity index is 605. The summed E-state index contributed by atoms with van der Waals surface area (Å²) in [6.45, 7) is 6.89. The zero-order chi connectivity index (χ0) is 17.8. The summed E-state index contributed by atoms with van der Waals surface area (Å²) in [4.78, 5) is 16.8. The average molecular weight is 351 g/mol. The molecule has 0 radical (unpaired) electrons. The Kier molecular flexibility index (Phi) is 5.88. The van der Waals surface area contributed by atoms with Crippen molar-refractivity contribution in [1.29, 1.82) is 0 Å². The molecule has 0 unspecified atom stereocenters. The summed E-state index contributed by atoms with van der Waals surface area (Å²) in [5.41, 5.74) is 0.911. The van der Waals surface area contributed by atoms with Gasteiger partial charge in [0.1, 0.15) is 6.04 Å². The van der Waals surface area contributed by atoms with Gasteiger partial charge in [-0.15, -0.1) is 0 Å². The first-order chi connectivity index (χ1) is 12.1. The Labute approximate surface area is 147 Å². The summed E-state index contributed by atoms with van der Waals surface area (Å²) in [5, 5.41) is 3.25. The molecule has 1 aromatic rings. The molecular weight excluding hydrogens is 325 g/mol. The molecule has 0 aliphatic carbocycles. The van der Waals surface area contributed by atoms with E-state index >= 15 is 0 Å². The number of benzene rings is 1. The third-order valence-electron chi connectivity index (χ3n) is 4.89. The number of hydrogen-bond acceptors (Lipinski definition) is 5. The highest BCUT2D eigenvalue weighted by Crippen LogP contribution is 2.19. The standard InChI is InChI=1S/C18H26FN3O3/c1-13-17(20-5-10-25-13)18(23)22-8-6-21(7-9-22)12-14-3-4-16(24-2)15(19)11-14/h3-4,11,13,17,20H,5-10,12H2,1-2H3/t13-,17+/m1/s1. The first kappa shape index (κ1) is 18.1. The molecule has 0 bridgehead atoms. The van der Waals surface area contributed by atoms with E-state index in [0.29, 0.717) is 32.8 Å². The lowest BCUT2D eigenvalue weighted by Gasteiger charge is -2.38. The lowest BCUT2D eigenvalue weighted by atomic mass is 10.1. The van der Waals surface area contributed by atoms with Crippen LogP contribution >= 0.6 is 0 Å². The second-order valence-electron chi connectivity index (χ2n) is 6.58. The zero-order valence-electron chi connectivity index (χ0n) is 14.8. The Morgan fingerprint density at radius 1 is 1.36 bits per heavy atom. The molecule has 0 spiro atoms. The van der Waals surface area contributed by atoms with Gasteiger partial charge in [0.2, 0.25) is 5.91 Å². The Morgan fingerprint density at radius 3 is 2.76 bits per heavy atom. The van der Waals surface area contributed by atoms with Crippen molar-refractivity contribution in [1.82, 2.24) is 15.1 Å². The first-order valence-corrected chi connectivity index (χ1v) is 8.77. The highest BCUT2D eigenvalue weighted by Gasteiger charge is 2.33.